The van der Waals surface area contributed by atoms with Crippen LogP contribution in [0, 0.1) is 5.82 Å². The van der Waals surface area contributed by atoms with Crippen LogP contribution in [0.2, 0.25) is 0 Å². The van der Waals surface area contributed by atoms with Crippen molar-refractivity contribution in [2.75, 3.05) is 5.32 Å². The minimum absolute atomic E-state index is 0.150. The second-order valence-electron chi connectivity index (χ2n) is 4.93. The Hall–Kier alpha value is -2.05. The van der Waals surface area contributed by atoms with Crippen molar-refractivity contribution in [1.82, 2.24) is 24.7 Å². The molecule has 3 heterocycles. The molecule has 0 aliphatic carbocycles. The van der Waals surface area contributed by atoms with Crippen LogP contribution >= 0.6 is 0 Å². The topological polar surface area (TPSA) is 68.5 Å². The van der Waals surface area contributed by atoms with Crippen LogP contribution in [-0.4, -0.2) is 24.7 Å². The normalized spacial score (nSPS) is 15.2. The van der Waals surface area contributed by atoms with Gasteiger partial charge in [-0.05, 0) is 19.8 Å². The van der Waals surface area contributed by atoms with Crippen LogP contribution in [0.15, 0.2) is 6.33 Å². The summed E-state index contributed by atoms with van der Waals surface area (Å²) in [4.78, 5) is 7.90. The number of anilines is 1. The number of hydrogen-bond acceptors (Lipinski definition) is 5. The summed E-state index contributed by atoms with van der Waals surface area (Å²) in [6.07, 6.45) is 3.97. The van der Waals surface area contributed by atoms with Crippen LogP contribution in [0.3, 0.4) is 0 Å². The Bertz CT molecular complexity index is 623. The van der Waals surface area contributed by atoms with Crippen molar-refractivity contribution in [1.29, 1.82) is 0 Å². The van der Waals surface area contributed by atoms with Gasteiger partial charge in [-0.15, -0.1) is 10.2 Å². The van der Waals surface area contributed by atoms with E-state index < -0.39 is 0 Å². The number of hydrogen-bond donors (Lipinski definition) is 1. The first kappa shape index (κ1) is 13.0. The molecule has 106 valence electrons. The molecule has 0 spiro atoms. The number of fused-ring (bicyclic) bond motifs is 1. The van der Waals surface area contributed by atoms with Gasteiger partial charge in [0.25, 0.3) is 0 Å². The summed E-state index contributed by atoms with van der Waals surface area (Å²) >= 11 is 0. The van der Waals surface area contributed by atoms with Crippen LogP contribution < -0.4 is 5.32 Å². The minimum atomic E-state index is -0.386. The smallest absolute Gasteiger partial charge is 0.186 e. The van der Waals surface area contributed by atoms with E-state index in [1.165, 1.54) is 6.33 Å². The highest BCUT2D eigenvalue weighted by molar-refractivity contribution is 5.39. The van der Waals surface area contributed by atoms with E-state index in [1.54, 1.807) is 0 Å². The van der Waals surface area contributed by atoms with Gasteiger partial charge >= 0.3 is 0 Å². The molecular weight excluding hydrogens is 259 g/mol. The zero-order chi connectivity index (χ0) is 14.1. The molecule has 1 N–H and O–H groups in total. The van der Waals surface area contributed by atoms with Gasteiger partial charge in [0.05, 0.1) is 11.7 Å². The zero-order valence-electron chi connectivity index (χ0n) is 11.6. The molecule has 0 unspecified atom stereocenters. The van der Waals surface area contributed by atoms with Crippen molar-refractivity contribution in [3.8, 4) is 0 Å². The molecule has 0 bridgehead atoms. The summed E-state index contributed by atoms with van der Waals surface area (Å²) < 4.78 is 16.2. The summed E-state index contributed by atoms with van der Waals surface area (Å²) in [5.41, 5.74) is 0.418. The number of rotatable bonds is 4. The van der Waals surface area contributed by atoms with E-state index in [2.05, 4.69) is 30.0 Å². The molecular formula is C13H17FN6. The predicted octanol–water partition coefficient (Wildman–Crippen LogP) is 1.89. The molecule has 1 aliphatic heterocycles. The highest BCUT2D eigenvalue weighted by Crippen LogP contribution is 2.23. The van der Waals surface area contributed by atoms with Crippen LogP contribution in [0.1, 0.15) is 43.7 Å². The number of nitrogens with zero attached hydrogens (tertiary/aromatic N) is 5. The first-order chi connectivity index (χ1) is 9.70. The lowest BCUT2D eigenvalue weighted by Crippen LogP contribution is -2.15. The Balaban J connectivity index is 1.84. The summed E-state index contributed by atoms with van der Waals surface area (Å²) in [5, 5.41) is 11.4. The largest absolute Gasteiger partial charge is 0.358 e. The average Bonchev–Trinajstić information content (AvgIpc) is 3.03. The van der Waals surface area contributed by atoms with Crippen molar-refractivity contribution < 1.29 is 4.39 Å². The summed E-state index contributed by atoms with van der Waals surface area (Å²) in [6.45, 7) is 4.73. The highest BCUT2D eigenvalue weighted by atomic mass is 19.1. The third kappa shape index (κ3) is 2.13. The van der Waals surface area contributed by atoms with E-state index in [4.69, 9.17) is 0 Å². The van der Waals surface area contributed by atoms with E-state index in [9.17, 15) is 4.39 Å². The van der Waals surface area contributed by atoms with Crippen molar-refractivity contribution in [2.45, 2.75) is 45.7 Å². The lowest BCUT2D eigenvalue weighted by atomic mass is 10.2. The maximum Gasteiger partial charge on any atom is 0.186 e. The standard InChI is InChI=1S/C13H17FN6/c1-3-9-11(14)12(16-7-15-9)17-8(2)13-19-18-10-5-4-6-20(10)13/h7-8H,3-6H2,1-2H3,(H,15,16,17)/t8-/m0/s1. The van der Waals surface area contributed by atoms with Gasteiger partial charge in [0.1, 0.15) is 12.2 Å². The highest BCUT2D eigenvalue weighted by Gasteiger charge is 2.22. The van der Waals surface area contributed by atoms with Crippen LogP contribution in [0.5, 0.6) is 0 Å². The molecule has 0 amide bonds. The maximum absolute atomic E-state index is 14.1. The van der Waals surface area contributed by atoms with Crippen molar-refractivity contribution in [2.24, 2.45) is 0 Å². The van der Waals surface area contributed by atoms with E-state index in [0.717, 1.165) is 31.0 Å². The van der Waals surface area contributed by atoms with Crippen molar-refractivity contribution in [3.63, 3.8) is 0 Å². The van der Waals surface area contributed by atoms with Crippen LogP contribution in [0.25, 0.3) is 0 Å². The van der Waals surface area contributed by atoms with Gasteiger partial charge < -0.3 is 9.88 Å². The second kappa shape index (κ2) is 5.15. The molecule has 3 rings (SSSR count). The van der Waals surface area contributed by atoms with Gasteiger partial charge in [0, 0.05) is 13.0 Å². The Morgan fingerprint density at radius 1 is 1.40 bits per heavy atom. The van der Waals surface area contributed by atoms with E-state index in [-0.39, 0.29) is 17.7 Å². The lowest BCUT2D eigenvalue weighted by Gasteiger charge is -2.15. The molecule has 6 nitrogen and oxygen atoms in total. The van der Waals surface area contributed by atoms with Gasteiger partial charge in [-0.3, -0.25) is 0 Å². The predicted molar refractivity (Wildman–Crippen MR) is 71.7 cm³/mol. The van der Waals surface area contributed by atoms with E-state index in [0.29, 0.717) is 12.1 Å². The molecule has 2 aromatic heterocycles. The minimum Gasteiger partial charge on any atom is -0.358 e. The number of nitrogens with one attached hydrogen (secondary N) is 1. The Morgan fingerprint density at radius 3 is 3.05 bits per heavy atom. The summed E-state index contributed by atoms with van der Waals surface area (Å²) in [7, 11) is 0. The summed E-state index contributed by atoms with van der Waals surface area (Å²) in [6, 6.07) is -0.150. The quantitative estimate of drug-likeness (QED) is 0.923. The molecule has 7 heteroatoms. The number of halogens is 1. The molecule has 0 radical (unpaired) electrons. The number of aromatic nitrogens is 5. The first-order valence-electron chi connectivity index (χ1n) is 6.88. The van der Waals surface area contributed by atoms with Crippen LogP contribution in [0.4, 0.5) is 10.2 Å². The molecule has 20 heavy (non-hydrogen) atoms. The Morgan fingerprint density at radius 2 is 2.25 bits per heavy atom. The third-order valence-electron chi connectivity index (χ3n) is 3.58. The molecule has 0 saturated carbocycles. The second-order valence-corrected chi connectivity index (χ2v) is 4.93. The fourth-order valence-corrected chi connectivity index (χ4v) is 2.52. The lowest BCUT2D eigenvalue weighted by molar-refractivity contribution is 0.588. The fourth-order valence-electron chi connectivity index (χ4n) is 2.52. The molecule has 1 aliphatic rings. The Kier molecular flexibility index (Phi) is 3.33. The van der Waals surface area contributed by atoms with Gasteiger partial charge in [-0.1, -0.05) is 6.92 Å². The van der Waals surface area contributed by atoms with Gasteiger partial charge in [0.2, 0.25) is 0 Å². The van der Waals surface area contributed by atoms with Gasteiger partial charge in [0.15, 0.2) is 17.5 Å². The molecule has 1 atom stereocenters. The fraction of sp³-hybridized carbons (Fsp3) is 0.538. The van der Waals surface area contributed by atoms with E-state index >= 15 is 0 Å². The Labute approximate surface area is 116 Å². The molecule has 0 aromatic carbocycles. The van der Waals surface area contributed by atoms with Crippen LogP contribution in [-0.2, 0) is 19.4 Å². The first-order valence-corrected chi connectivity index (χ1v) is 6.88. The molecule has 0 fully saturated rings. The maximum atomic E-state index is 14.1. The zero-order valence-corrected chi connectivity index (χ0v) is 11.6. The monoisotopic (exact) mass is 276 g/mol. The molecule has 2 aromatic rings. The van der Waals surface area contributed by atoms with Crippen molar-refractivity contribution in [3.05, 3.63) is 29.5 Å². The molecule has 0 saturated heterocycles. The van der Waals surface area contributed by atoms with Gasteiger partial charge in [-0.2, -0.15) is 0 Å². The average molecular weight is 276 g/mol. The number of aryl methyl sites for hydroxylation is 2. The van der Waals surface area contributed by atoms with Crippen molar-refractivity contribution >= 4 is 5.82 Å². The third-order valence-corrected chi connectivity index (χ3v) is 3.58. The van der Waals surface area contributed by atoms with E-state index in [1.807, 2.05) is 13.8 Å². The van der Waals surface area contributed by atoms with Gasteiger partial charge in [-0.25, -0.2) is 14.4 Å². The SMILES string of the molecule is CCc1ncnc(N[C@@H](C)c2nnc3n2CCC3)c1F. The summed E-state index contributed by atoms with van der Waals surface area (Å²) in [5.74, 6) is 1.67.